The van der Waals surface area contributed by atoms with Gasteiger partial charge in [0.15, 0.2) is 0 Å². The van der Waals surface area contributed by atoms with Crippen LogP contribution in [-0.4, -0.2) is 41.9 Å². The van der Waals surface area contributed by atoms with Gasteiger partial charge in [0, 0.05) is 12.6 Å². The number of aliphatic hydroxyl groups excluding tert-OH is 1. The number of halogens is 3. The fourth-order valence-electron chi connectivity index (χ4n) is 2.07. The number of hydrogen-bond donors (Lipinski definition) is 1. The molecule has 90 valence electrons. The first-order valence-electron chi connectivity index (χ1n) is 5.35. The number of aliphatic hydroxyl groups is 1. The van der Waals surface area contributed by atoms with Crippen LogP contribution >= 0.6 is 0 Å². The van der Waals surface area contributed by atoms with E-state index in [4.69, 9.17) is 0 Å². The first-order valence-corrected chi connectivity index (χ1v) is 5.35. The van der Waals surface area contributed by atoms with Crippen LogP contribution in [0, 0.1) is 0 Å². The maximum Gasteiger partial charge on any atom is 0.390 e. The maximum atomic E-state index is 12.0. The zero-order chi connectivity index (χ0) is 11.5. The van der Waals surface area contributed by atoms with Crippen molar-refractivity contribution in [2.75, 3.05) is 13.6 Å². The van der Waals surface area contributed by atoms with Crippen LogP contribution in [0.4, 0.5) is 13.2 Å². The van der Waals surface area contributed by atoms with E-state index in [0.717, 1.165) is 19.3 Å². The van der Waals surface area contributed by atoms with Crippen molar-refractivity contribution in [2.45, 2.75) is 50.4 Å². The van der Waals surface area contributed by atoms with Crippen LogP contribution in [-0.2, 0) is 0 Å². The van der Waals surface area contributed by atoms with E-state index in [2.05, 4.69) is 0 Å². The minimum atomic E-state index is -4.10. The molecule has 0 amide bonds. The highest BCUT2D eigenvalue weighted by atomic mass is 19.4. The second kappa shape index (κ2) is 5.16. The largest absolute Gasteiger partial charge is 0.391 e. The lowest BCUT2D eigenvalue weighted by Crippen LogP contribution is -2.44. The first kappa shape index (κ1) is 12.8. The van der Waals surface area contributed by atoms with Crippen LogP contribution in [0.15, 0.2) is 0 Å². The molecule has 0 heterocycles. The summed E-state index contributed by atoms with van der Waals surface area (Å²) in [7, 11) is 1.66. The molecule has 1 rings (SSSR count). The second-order valence-corrected chi connectivity index (χ2v) is 4.26. The van der Waals surface area contributed by atoms with Crippen LogP contribution in [0.5, 0.6) is 0 Å². The van der Waals surface area contributed by atoms with E-state index in [-0.39, 0.29) is 12.6 Å². The Morgan fingerprint density at radius 2 is 1.87 bits per heavy atom. The van der Waals surface area contributed by atoms with Gasteiger partial charge in [0.25, 0.3) is 0 Å². The molecular weight excluding hydrogens is 207 g/mol. The van der Waals surface area contributed by atoms with Gasteiger partial charge < -0.3 is 10.0 Å². The van der Waals surface area contributed by atoms with Gasteiger partial charge in [-0.2, -0.15) is 13.2 Å². The predicted molar refractivity (Wildman–Crippen MR) is 51.6 cm³/mol. The van der Waals surface area contributed by atoms with Crippen LogP contribution in [0.2, 0.25) is 0 Å². The Morgan fingerprint density at radius 3 is 2.40 bits per heavy atom. The Hall–Kier alpha value is -0.290. The van der Waals surface area contributed by atoms with Gasteiger partial charge >= 0.3 is 6.18 Å². The average Bonchev–Trinajstić information content (AvgIpc) is 2.14. The van der Waals surface area contributed by atoms with Crippen molar-refractivity contribution in [1.29, 1.82) is 0 Å². The van der Waals surface area contributed by atoms with Crippen LogP contribution in [0.3, 0.4) is 0 Å². The maximum absolute atomic E-state index is 12.0. The lowest BCUT2D eigenvalue weighted by molar-refractivity contribution is -0.140. The molecule has 0 aromatic rings. The number of rotatable bonds is 3. The number of alkyl halides is 3. The number of likely N-dealkylation sites (N-methyl/N-ethyl adjacent to an activating group) is 1. The molecule has 1 aliphatic rings. The zero-order valence-corrected chi connectivity index (χ0v) is 8.93. The Bertz CT molecular complexity index is 196. The van der Waals surface area contributed by atoms with Crippen molar-refractivity contribution >= 4 is 0 Å². The Kier molecular flexibility index (Phi) is 4.40. The summed E-state index contributed by atoms with van der Waals surface area (Å²) in [5.74, 6) is 0. The van der Waals surface area contributed by atoms with Crippen LogP contribution in [0.1, 0.15) is 32.1 Å². The summed E-state index contributed by atoms with van der Waals surface area (Å²) in [6.07, 6.45) is -1.88. The summed E-state index contributed by atoms with van der Waals surface area (Å²) in [6.45, 7) is -0.0226. The van der Waals surface area contributed by atoms with Crippen LogP contribution in [0.25, 0.3) is 0 Å². The minimum Gasteiger partial charge on any atom is -0.391 e. The summed E-state index contributed by atoms with van der Waals surface area (Å²) in [5.41, 5.74) is 0. The molecule has 1 fully saturated rings. The van der Waals surface area contributed by atoms with E-state index >= 15 is 0 Å². The molecule has 0 spiro atoms. The van der Waals surface area contributed by atoms with Crippen molar-refractivity contribution in [3.05, 3.63) is 0 Å². The molecular formula is C10H18F3NO. The number of hydrogen-bond acceptors (Lipinski definition) is 2. The van der Waals surface area contributed by atoms with Gasteiger partial charge in [0.1, 0.15) is 0 Å². The SMILES string of the molecule is CN(CCC(F)(F)F)[C@@H]1CCCC[C@H]1O. The fourth-order valence-corrected chi connectivity index (χ4v) is 2.07. The van der Waals surface area contributed by atoms with E-state index in [1.54, 1.807) is 11.9 Å². The monoisotopic (exact) mass is 225 g/mol. The smallest absolute Gasteiger partial charge is 0.390 e. The van der Waals surface area contributed by atoms with E-state index in [1.165, 1.54) is 0 Å². The van der Waals surface area contributed by atoms with Crippen molar-refractivity contribution in [2.24, 2.45) is 0 Å². The van der Waals surface area contributed by atoms with E-state index in [0.29, 0.717) is 6.42 Å². The number of nitrogens with zero attached hydrogens (tertiary/aromatic N) is 1. The molecule has 1 N–H and O–H groups in total. The van der Waals surface area contributed by atoms with Crippen molar-refractivity contribution < 1.29 is 18.3 Å². The molecule has 0 unspecified atom stereocenters. The molecule has 0 saturated heterocycles. The van der Waals surface area contributed by atoms with E-state index in [9.17, 15) is 18.3 Å². The molecule has 0 aromatic heterocycles. The molecule has 1 saturated carbocycles. The zero-order valence-electron chi connectivity index (χ0n) is 8.93. The summed E-state index contributed by atoms with van der Waals surface area (Å²) in [5, 5.41) is 9.65. The lowest BCUT2D eigenvalue weighted by atomic mass is 9.91. The minimum absolute atomic E-state index is 0.0226. The molecule has 0 bridgehead atoms. The Morgan fingerprint density at radius 1 is 1.27 bits per heavy atom. The summed E-state index contributed by atoms with van der Waals surface area (Å²) < 4.78 is 36.0. The first-order chi connectivity index (χ1) is 6.90. The Labute approximate surface area is 88.1 Å². The fraction of sp³-hybridized carbons (Fsp3) is 1.00. The predicted octanol–water partition coefficient (Wildman–Crippen LogP) is 2.17. The topological polar surface area (TPSA) is 23.5 Å². The van der Waals surface area contributed by atoms with Gasteiger partial charge in [-0.3, -0.25) is 0 Å². The van der Waals surface area contributed by atoms with Gasteiger partial charge in [-0.15, -0.1) is 0 Å². The van der Waals surface area contributed by atoms with E-state index < -0.39 is 18.7 Å². The highest BCUT2D eigenvalue weighted by Crippen LogP contribution is 2.25. The van der Waals surface area contributed by atoms with Gasteiger partial charge in [-0.05, 0) is 19.9 Å². The van der Waals surface area contributed by atoms with Gasteiger partial charge in [0.2, 0.25) is 0 Å². The van der Waals surface area contributed by atoms with Gasteiger partial charge in [0.05, 0.1) is 12.5 Å². The van der Waals surface area contributed by atoms with Gasteiger partial charge in [-0.1, -0.05) is 12.8 Å². The van der Waals surface area contributed by atoms with Gasteiger partial charge in [-0.25, -0.2) is 0 Å². The second-order valence-electron chi connectivity index (χ2n) is 4.26. The molecule has 1 aliphatic carbocycles. The third-order valence-electron chi connectivity index (χ3n) is 3.01. The van der Waals surface area contributed by atoms with Crippen molar-refractivity contribution in [3.63, 3.8) is 0 Å². The molecule has 2 atom stereocenters. The van der Waals surface area contributed by atoms with E-state index in [1.807, 2.05) is 0 Å². The third-order valence-corrected chi connectivity index (χ3v) is 3.01. The molecule has 2 nitrogen and oxygen atoms in total. The highest BCUT2D eigenvalue weighted by molar-refractivity contribution is 4.81. The quantitative estimate of drug-likeness (QED) is 0.795. The molecule has 0 radical (unpaired) electrons. The third kappa shape index (κ3) is 4.38. The average molecular weight is 225 g/mol. The highest BCUT2D eigenvalue weighted by Gasteiger charge is 2.31. The molecule has 15 heavy (non-hydrogen) atoms. The summed E-state index contributed by atoms with van der Waals surface area (Å²) in [4.78, 5) is 1.64. The summed E-state index contributed by atoms with van der Waals surface area (Å²) in [6, 6.07) is -0.0962. The normalized spacial score (nSPS) is 28.4. The molecule has 0 aromatic carbocycles. The summed E-state index contributed by atoms with van der Waals surface area (Å²) >= 11 is 0. The Balaban J connectivity index is 2.35. The van der Waals surface area contributed by atoms with Crippen LogP contribution < -0.4 is 0 Å². The molecule has 0 aliphatic heterocycles. The van der Waals surface area contributed by atoms with Crippen molar-refractivity contribution in [1.82, 2.24) is 4.90 Å². The molecule has 5 heteroatoms. The standard InChI is InChI=1S/C10H18F3NO/c1-14(7-6-10(11,12)13)8-4-2-3-5-9(8)15/h8-9,15H,2-7H2,1H3/t8-,9-/m1/s1. The lowest BCUT2D eigenvalue weighted by Gasteiger charge is -2.35. The van der Waals surface area contributed by atoms with Crippen molar-refractivity contribution in [3.8, 4) is 0 Å².